The van der Waals surface area contributed by atoms with Gasteiger partial charge in [0.1, 0.15) is 5.58 Å². The Kier molecular flexibility index (Phi) is 2.82. The Labute approximate surface area is 122 Å². The van der Waals surface area contributed by atoms with Crippen molar-refractivity contribution in [2.24, 2.45) is 0 Å². The van der Waals surface area contributed by atoms with Crippen LogP contribution in [0.2, 0.25) is 0 Å². The Bertz CT molecular complexity index is 736. The maximum Gasteiger partial charge on any atom is 0.238 e. The predicted molar refractivity (Wildman–Crippen MR) is 79.0 cm³/mol. The lowest BCUT2D eigenvalue weighted by Crippen LogP contribution is -2.37. The molecule has 5 nitrogen and oxygen atoms in total. The summed E-state index contributed by atoms with van der Waals surface area (Å²) in [7, 11) is 0. The van der Waals surface area contributed by atoms with Gasteiger partial charge in [0, 0.05) is 10.8 Å². The summed E-state index contributed by atoms with van der Waals surface area (Å²) in [5.41, 5.74) is 0.801. The van der Waals surface area contributed by atoms with Crippen LogP contribution in [0.15, 0.2) is 39.3 Å². The van der Waals surface area contributed by atoms with E-state index in [1.54, 1.807) is 0 Å². The molecule has 0 bridgehead atoms. The van der Waals surface area contributed by atoms with Crippen molar-refractivity contribution in [1.82, 2.24) is 15.5 Å². The SMILES string of the molecule is CC1(c2nc(-c3cc4ccccc4o3)no2)CCNCC1. The molecule has 0 radical (unpaired) electrons. The topological polar surface area (TPSA) is 64.1 Å². The Morgan fingerprint density at radius 3 is 2.81 bits per heavy atom. The number of hydrogen-bond acceptors (Lipinski definition) is 5. The fourth-order valence-corrected chi connectivity index (χ4v) is 2.85. The molecule has 0 unspecified atom stereocenters. The van der Waals surface area contributed by atoms with E-state index in [9.17, 15) is 0 Å². The Balaban J connectivity index is 1.70. The molecule has 1 aliphatic heterocycles. The molecule has 3 aromatic rings. The maximum atomic E-state index is 5.79. The number of fused-ring (bicyclic) bond motifs is 1. The van der Waals surface area contributed by atoms with E-state index in [0.717, 1.165) is 36.9 Å². The fraction of sp³-hybridized carbons (Fsp3) is 0.375. The lowest BCUT2D eigenvalue weighted by atomic mass is 9.81. The summed E-state index contributed by atoms with van der Waals surface area (Å²) < 4.78 is 11.3. The van der Waals surface area contributed by atoms with E-state index in [4.69, 9.17) is 8.94 Å². The summed E-state index contributed by atoms with van der Waals surface area (Å²) in [6.45, 7) is 4.15. The minimum Gasteiger partial charge on any atom is -0.453 e. The molecule has 2 aromatic heterocycles. The average Bonchev–Trinajstić information content (AvgIpc) is 3.15. The van der Waals surface area contributed by atoms with Gasteiger partial charge in [-0.1, -0.05) is 30.3 Å². The second-order valence-corrected chi connectivity index (χ2v) is 5.88. The van der Waals surface area contributed by atoms with Crippen LogP contribution >= 0.6 is 0 Å². The highest BCUT2D eigenvalue weighted by molar-refractivity contribution is 5.81. The van der Waals surface area contributed by atoms with Crippen molar-refractivity contribution in [3.05, 3.63) is 36.2 Å². The molecule has 108 valence electrons. The van der Waals surface area contributed by atoms with Gasteiger partial charge in [-0.05, 0) is 38.1 Å². The van der Waals surface area contributed by atoms with Crippen molar-refractivity contribution < 1.29 is 8.94 Å². The van der Waals surface area contributed by atoms with Crippen LogP contribution in [0.3, 0.4) is 0 Å². The van der Waals surface area contributed by atoms with E-state index < -0.39 is 0 Å². The molecule has 3 heterocycles. The number of nitrogens with zero attached hydrogens (tertiary/aromatic N) is 2. The third-order valence-electron chi connectivity index (χ3n) is 4.30. The number of piperidine rings is 1. The van der Waals surface area contributed by atoms with Gasteiger partial charge < -0.3 is 14.3 Å². The van der Waals surface area contributed by atoms with Crippen LogP contribution in [0.25, 0.3) is 22.6 Å². The zero-order chi connectivity index (χ0) is 14.3. The van der Waals surface area contributed by atoms with Gasteiger partial charge >= 0.3 is 0 Å². The number of para-hydroxylation sites is 1. The molecule has 5 heteroatoms. The van der Waals surface area contributed by atoms with Crippen LogP contribution in [-0.2, 0) is 5.41 Å². The molecule has 0 aliphatic carbocycles. The zero-order valence-corrected chi connectivity index (χ0v) is 11.9. The number of aromatic nitrogens is 2. The highest BCUT2D eigenvalue weighted by atomic mass is 16.5. The van der Waals surface area contributed by atoms with Crippen molar-refractivity contribution in [2.45, 2.75) is 25.2 Å². The third-order valence-corrected chi connectivity index (χ3v) is 4.30. The van der Waals surface area contributed by atoms with E-state index in [2.05, 4.69) is 22.4 Å². The standard InChI is InChI=1S/C16H17N3O2/c1-16(6-8-17-9-7-16)15-18-14(19-21-15)13-10-11-4-2-3-5-12(11)20-13/h2-5,10,17H,6-9H2,1H3. The second-order valence-electron chi connectivity index (χ2n) is 5.88. The number of benzene rings is 1. The molecule has 21 heavy (non-hydrogen) atoms. The van der Waals surface area contributed by atoms with E-state index in [-0.39, 0.29) is 5.41 Å². The lowest BCUT2D eigenvalue weighted by Gasteiger charge is -2.30. The van der Waals surface area contributed by atoms with Gasteiger partial charge in [-0.15, -0.1) is 0 Å². The number of hydrogen-bond donors (Lipinski definition) is 1. The van der Waals surface area contributed by atoms with Crippen molar-refractivity contribution >= 4 is 11.0 Å². The van der Waals surface area contributed by atoms with Gasteiger partial charge in [0.05, 0.1) is 0 Å². The summed E-state index contributed by atoms with van der Waals surface area (Å²) in [4.78, 5) is 4.57. The number of nitrogens with one attached hydrogen (secondary N) is 1. The van der Waals surface area contributed by atoms with E-state index in [1.165, 1.54) is 0 Å². The minimum absolute atomic E-state index is 0.0392. The Morgan fingerprint density at radius 2 is 2.00 bits per heavy atom. The quantitative estimate of drug-likeness (QED) is 0.782. The maximum absolute atomic E-state index is 5.79. The summed E-state index contributed by atoms with van der Waals surface area (Å²) in [5.74, 6) is 1.89. The number of furan rings is 1. The van der Waals surface area contributed by atoms with Crippen LogP contribution < -0.4 is 5.32 Å². The first-order valence-corrected chi connectivity index (χ1v) is 7.28. The first-order chi connectivity index (χ1) is 10.2. The predicted octanol–water partition coefficient (Wildman–Crippen LogP) is 3.12. The number of rotatable bonds is 2. The molecular formula is C16H17N3O2. The normalized spacial score (nSPS) is 18.1. The van der Waals surface area contributed by atoms with Crippen LogP contribution in [0, 0.1) is 0 Å². The molecule has 0 spiro atoms. The van der Waals surface area contributed by atoms with Crippen LogP contribution in [0.4, 0.5) is 0 Å². The molecule has 1 aliphatic rings. The van der Waals surface area contributed by atoms with Crippen molar-refractivity contribution in [3.63, 3.8) is 0 Å². The molecule has 4 rings (SSSR count). The van der Waals surface area contributed by atoms with Crippen LogP contribution in [0.1, 0.15) is 25.7 Å². The molecule has 1 N–H and O–H groups in total. The Hall–Kier alpha value is -2.14. The first-order valence-electron chi connectivity index (χ1n) is 7.28. The fourth-order valence-electron chi connectivity index (χ4n) is 2.85. The summed E-state index contributed by atoms with van der Waals surface area (Å²) >= 11 is 0. The summed E-state index contributed by atoms with van der Waals surface area (Å²) in [5, 5.41) is 8.51. The largest absolute Gasteiger partial charge is 0.453 e. The summed E-state index contributed by atoms with van der Waals surface area (Å²) in [6.07, 6.45) is 2.02. The molecule has 1 saturated heterocycles. The van der Waals surface area contributed by atoms with Gasteiger partial charge in [0.2, 0.25) is 11.7 Å². The highest BCUT2D eigenvalue weighted by Crippen LogP contribution is 2.33. The minimum atomic E-state index is -0.0392. The van der Waals surface area contributed by atoms with Crippen molar-refractivity contribution in [3.8, 4) is 11.6 Å². The first kappa shape index (κ1) is 12.6. The molecule has 0 saturated carbocycles. The third kappa shape index (κ3) is 2.14. The molecule has 0 amide bonds. The van der Waals surface area contributed by atoms with E-state index in [1.807, 2.05) is 30.3 Å². The highest BCUT2D eigenvalue weighted by Gasteiger charge is 2.34. The molecule has 0 atom stereocenters. The average molecular weight is 283 g/mol. The molecular weight excluding hydrogens is 266 g/mol. The molecule has 1 aromatic carbocycles. The smallest absolute Gasteiger partial charge is 0.238 e. The Morgan fingerprint density at radius 1 is 1.19 bits per heavy atom. The van der Waals surface area contributed by atoms with Gasteiger partial charge in [0.15, 0.2) is 5.76 Å². The zero-order valence-electron chi connectivity index (χ0n) is 11.9. The van der Waals surface area contributed by atoms with Crippen LogP contribution in [-0.4, -0.2) is 23.2 Å². The lowest BCUT2D eigenvalue weighted by molar-refractivity contribution is 0.241. The van der Waals surface area contributed by atoms with Crippen molar-refractivity contribution in [2.75, 3.05) is 13.1 Å². The second kappa shape index (κ2) is 4.70. The van der Waals surface area contributed by atoms with Gasteiger partial charge in [-0.3, -0.25) is 0 Å². The van der Waals surface area contributed by atoms with Gasteiger partial charge in [-0.25, -0.2) is 0 Å². The van der Waals surface area contributed by atoms with Gasteiger partial charge in [0.25, 0.3) is 0 Å². The monoisotopic (exact) mass is 283 g/mol. The van der Waals surface area contributed by atoms with E-state index >= 15 is 0 Å². The van der Waals surface area contributed by atoms with Crippen molar-refractivity contribution in [1.29, 1.82) is 0 Å². The van der Waals surface area contributed by atoms with E-state index in [0.29, 0.717) is 17.5 Å². The van der Waals surface area contributed by atoms with Crippen LogP contribution in [0.5, 0.6) is 0 Å². The van der Waals surface area contributed by atoms with Gasteiger partial charge in [-0.2, -0.15) is 4.98 Å². The molecule has 1 fully saturated rings. The summed E-state index contributed by atoms with van der Waals surface area (Å²) in [6, 6.07) is 9.84.